The highest BCUT2D eigenvalue weighted by atomic mass is 32.2. The zero-order chi connectivity index (χ0) is 29.3. The van der Waals surface area contributed by atoms with Gasteiger partial charge in [0.1, 0.15) is 15.0 Å². The minimum absolute atomic E-state index is 0.0378. The maximum Gasteiger partial charge on any atom is 0.340 e. The van der Waals surface area contributed by atoms with Crippen molar-refractivity contribution in [2.75, 3.05) is 0 Å². The summed E-state index contributed by atoms with van der Waals surface area (Å²) in [6.07, 6.45) is 0. The summed E-state index contributed by atoms with van der Waals surface area (Å²) < 4.78 is 70.2. The standard InChI is InChI=1S/C34H24O6S2/c35-41(36,37)33-21-20-32(28-18-10-11-19-29(28)33)40-42(38,39)34-30(25-14-6-2-7-15-25)22-27(24-12-4-1-5-13-24)23-31(34)26-16-8-3-9-17-26/h1-23H,(H,35,36,37)/p-1. The molecule has 6 rings (SSSR count). The molecule has 0 aliphatic rings. The molecule has 6 nitrogen and oxygen atoms in total. The topological polar surface area (TPSA) is 101 Å². The van der Waals surface area contributed by atoms with Gasteiger partial charge in [0.25, 0.3) is 0 Å². The number of fused-ring (bicyclic) bond motifs is 1. The van der Waals surface area contributed by atoms with Gasteiger partial charge in [-0.3, -0.25) is 0 Å². The highest BCUT2D eigenvalue weighted by molar-refractivity contribution is 7.87. The molecule has 0 N–H and O–H groups in total. The quantitative estimate of drug-likeness (QED) is 0.141. The minimum Gasteiger partial charge on any atom is -0.744 e. The third-order valence-corrected chi connectivity index (χ3v) is 9.16. The summed E-state index contributed by atoms with van der Waals surface area (Å²) >= 11 is 0. The molecule has 0 unspecified atom stereocenters. The predicted octanol–water partition coefficient (Wildman–Crippen LogP) is 7.51. The molecule has 0 amide bonds. The molecule has 0 radical (unpaired) electrons. The van der Waals surface area contributed by atoms with Gasteiger partial charge in [0.05, 0.1) is 4.90 Å². The van der Waals surface area contributed by atoms with Crippen LogP contribution in [0.3, 0.4) is 0 Å². The third-order valence-electron chi connectivity index (χ3n) is 6.93. The number of hydrogen-bond donors (Lipinski definition) is 0. The lowest BCUT2D eigenvalue weighted by atomic mass is 9.93. The van der Waals surface area contributed by atoms with Crippen LogP contribution in [0.2, 0.25) is 0 Å². The van der Waals surface area contributed by atoms with Crippen LogP contribution in [0.25, 0.3) is 44.2 Å². The average Bonchev–Trinajstić information content (AvgIpc) is 3.01. The average molecular weight is 592 g/mol. The Balaban J connectivity index is 1.63. The molecule has 0 aromatic heterocycles. The maximum absolute atomic E-state index is 14.4. The van der Waals surface area contributed by atoms with Crippen LogP contribution in [-0.4, -0.2) is 21.4 Å². The van der Waals surface area contributed by atoms with E-state index in [1.165, 1.54) is 18.2 Å². The Morgan fingerprint density at radius 3 is 1.43 bits per heavy atom. The largest absolute Gasteiger partial charge is 0.744 e. The highest BCUT2D eigenvalue weighted by Crippen LogP contribution is 2.42. The summed E-state index contributed by atoms with van der Waals surface area (Å²) in [6, 6.07) is 40.1. The molecule has 8 heteroatoms. The SMILES string of the molecule is O=S(=O)([O-])c1ccc(OS(=O)(=O)c2c(-c3ccccc3)cc(-c3ccccc3)cc2-c2ccccc2)c2ccccc12. The Hall–Kier alpha value is -4.76. The molecule has 0 fully saturated rings. The van der Waals surface area contributed by atoms with Crippen molar-refractivity contribution in [3.8, 4) is 39.1 Å². The van der Waals surface area contributed by atoms with E-state index < -0.39 is 25.1 Å². The molecular formula is C34H23O6S2-. The van der Waals surface area contributed by atoms with E-state index in [4.69, 9.17) is 4.18 Å². The Morgan fingerprint density at radius 2 is 0.929 bits per heavy atom. The first kappa shape index (κ1) is 27.4. The molecule has 6 aromatic rings. The second-order valence-corrected chi connectivity index (χ2v) is 12.4. The first-order chi connectivity index (χ1) is 20.2. The van der Waals surface area contributed by atoms with Gasteiger partial charge in [-0.05, 0) is 46.5 Å². The number of rotatable bonds is 7. The second-order valence-electron chi connectivity index (χ2n) is 9.60. The van der Waals surface area contributed by atoms with Crippen molar-refractivity contribution in [3.05, 3.63) is 140 Å². The van der Waals surface area contributed by atoms with E-state index in [-0.39, 0.29) is 21.4 Å². The number of benzene rings is 6. The van der Waals surface area contributed by atoms with Crippen molar-refractivity contribution in [3.63, 3.8) is 0 Å². The molecule has 0 aliphatic heterocycles. The third kappa shape index (κ3) is 5.31. The van der Waals surface area contributed by atoms with Crippen molar-refractivity contribution >= 4 is 31.0 Å². The lowest BCUT2D eigenvalue weighted by molar-refractivity contribution is 0.464. The summed E-state index contributed by atoms with van der Waals surface area (Å²) in [4.78, 5) is -0.491. The molecule has 0 heterocycles. The van der Waals surface area contributed by atoms with E-state index in [0.717, 1.165) is 17.2 Å². The van der Waals surface area contributed by atoms with Gasteiger partial charge in [0.2, 0.25) is 0 Å². The van der Waals surface area contributed by atoms with Crippen LogP contribution < -0.4 is 4.18 Å². The lowest BCUT2D eigenvalue weighted by Crippen LogP contribution is -2.13. The fraction of sp³-hybridized carbons (Fsp3) is 0. The van der Waals surface area contributed by atoms with Crippen molar-refractivity contribution in [1.29, 1.82) is 0 Å². The van der Waals surface area contributed by atoms with Crippen LogP contribution in [0.4, 0.5) is 0 Å². The molecule has 0 aliphatic carbocycles. The van der Waals surface area contributed by atoms with Gasteiger partial charge in [-0.15, -0.1) is 0 Å². The molecule has 0 spiro atoms. The van der Waals surface area contributed by atoms with Gasteiger partial charge in [-0.25, -0.2) is 8.42 Å². The monoisotopic (exact) mass is 591 g/mol. The zero-order valence-corrected chi connectivity index (χ0v) is 23.7. The fourth-order valence-electron chi connectivity index (χ4n) is 5.05. The summed E-state index contributed by atoms with van der Waals surface area (Å²) in [7, 11) is -9.35. The second kappa shape index (κ2) is 10.9. The van der Waals surface area contributed by atoms with Crippen molar-refractivity contribution in [2.24, 2.45) is 0 Å². The molecule has 42 heavy (non-hydrogen) atoms. The Kier molecular flexibility index (Phi) is 7.12. The highest BCUT2D eigenvalue weighted by Gasteiger charge is 2.29. The molecule has 0 saturated heterocycles. The maximum atomic E-state index is 14.4. The van der Waals surface area contributed by atoms with E-state index in [2.05, 4.69) is 0 Å². The summed E-state index contributed by atoms with van der Waals surface area (Å²) in [5.41, 5.74) is 3.97. The molecule has 6 aromatic carbocycles. The molecular weight excluding hydrogens is 569 g/mol. The van der Waals surface area contributed by atoms with Crippen LogP contribution >= 0.6 is 0 Å². The molecule has 0 bridgehead atoms. The molecule has 0 saturated carbocycles. The summed E-state index contributed by atoms with van der Waals surface area (Å²) in [5, 5.41) is 0.257. The van der Waals surface area contributed by atoms with Gasteiger partial charge < -0.3 is 8.74 Å². The van der Waals surface area contributed by atoms with E-state index in [1.54, 1.807) is 12.1 Å². The number of hydrogen-bond acceptors (Lipinski definition) is 6. The van der Waals surface area contributed by atoms with E-state index in [0.29, 0.717) is 22.3 Å². The Morgan fingerprint density at radius 1 is 0.476 bits per heavy atom. The van der Waals surface area contributed by atoms with Crippen LogP contribution in [-0.2, 0) is 20.2 Å². The first-order valence-corrected chi connectivity index (χ1v) is 15.8. The Labute approximate surface area is 244 Å². The first-order valence-electron chi connectivity index (χ1n) is 13.0. The van der Waals surface area contributed by atoms with Crippen molar-refractivity contribution in [2.45, 2.75) is 9.79 Å². The van der Waals surface area contributed by atoms with Crippen LogP contribution in [0.1, 0.15) is 0 Å². The van der Waals surface area contributed by atoms with Crippen LogP contribution in [0, 0.1) is 0 Å². The zero-order valence-electron chi connectivity index (χ0n) is 22.0. The van der Waals surface area contributed by atoms with E-state index in [9.17, 15) is 21.4 Å². The van der Waals surface area contributed by atoms with E-state index in [1.807, 2.05) is 103 Å². The van der Waals surface area contributed by atoms with Gasteiger partial charge in [0, 0.05) is 21.9 Å². The molecule has 208 valence electrons. The van der Waals surface area contributed by atoms with Gasteiger partial charge in [-0.2, -0.15) is 8.42 Å². The molecule has 0 atom stereocenters. The van der Waals surface area contributed by atoms with Crippen molar-refractivity contribution in [1.82, 2.24) is 0 Å². The fourth-order valence-corrected chi connectivity index (χ4v) is 7.09. The minimum atomic E-state index is -4.81. The van der Waals surface area contributed by atoms with Gasteiger partial charge in [0.15, 0.2) is 5.75 Å². The normalized spacial score (nSPS) is 11.8. The summed E-state index contributed by atoms with van der Waals surface area (Å²) in [6.45, 7) is 0. The predicted molar refractivity (Wildman–Crippen MR) is 162 cm³/mol. The smallest absolute Gasteiger partial charge is 0.340 e. The summed E-state index contributed by atoms with van der Waals surface area (Å²) in [5.74, 6) is -0.0943. The Bertz CT molecular complexity index is 2070. The van der Waals surface area contributed by atoms with Crippen molar-refractivity contribution < 1.29 is 25.6 Å². The lowest BCUT2D eigenvalue weighted by Gasteiger charge is -2.20. The van der Waals surface area contributed by atoms with Gasteiger partial charge >= 0.3 is 10.1 Å². The van der Waals surface area contributed by atoms with Crippen LogP contribution in [0.15, 0.2) is 149 Å². The van der Waals surface area contributed by atoms with Gasteiger partial charge in [-0.1, -0.05) is 115 Å². The van der Waals surface area contributed by atoms with E-state index >= 15 is 0 Å². The van der Waals surface area contributed by atoms with Crippen LogP contribution in [0.5, 0.6) is 5.75 Å².